The molecule has 0 saturated carbocycles. The standard InChI is InChI=1S/C25H27F3N6O2/c26-19-6-4-18(5-7-19)12-31-21-13-30-9-8-20(21)23(36)32-14-22(35)34-17-24(27,28)15-25(34,16-29)33-10-2-1-3-11-33/h4-9,13,31H,1-3,10-12,14-15,17H2,(H,32,36). The molecule has 2 aromatic rings. The average molecular weight is 501 g/mol. The monoisotopic (exact) mass is 500 g/mol. The second kappa shape index (κ2) is 10.5. The van der Waals surface area contributed by atoms with Crippen molar-refractivity contribution in [3.8, 4) is 6.07 Å². The van der Waals surface area contributed by atoms with Gasteiger partial charge in [0.2, 0.25) is 5.91 Å². The second-order valence-electron chi connectivity index (χ2n) is 9.07. The lowest BCUT2D eigenvalue weighted by Gasteiger charge is -2.43. The van der Waals surface area contributed by atoms with E-state index < -0.39 is 42.9 Å². The summed E-state index contributed by atoms with van der Waals surface area (Å²) in [6.07, 6.45) is 4.59. The van der Waals surface area contributed by atoms with Crippen molar-refractivity contribution in [3.05, 3.63) is 59.7 Å². The van der Waals surface area contributed by atoms with E-state index in [-0.39, 0.29) is 11.4 Å². The molecule has 2 aliphatic heterocycles. The van der Waals surface area contributed by atoms with Crippen LogP contribution in [-0.2, 0) is 11.3 Å². The first-order chi connectivity index (χ1) is 17.2. The number of likely N-dealkylation sites (tertiary alicyclic amines) is 2. The van der Waals surface area contributed by atoms with E-state index in [1.54, 1.807) is 17.0 Å². The minimum atomic E-state index is -3.20. The molecule has 8 nitrogen and oxygen atoms in total. The van der Waals surface area contributed by atoms with Crippen molar-refractivity contribution in [3.63, 3.8) is 0 Å². The number of carbonyl (C=O) groups is 2. The van der Waals surface area contributed by atoms with E-state index in [2.05, 4.69) is 15.6 Å². The number of rotatable bonds is 7. The molecule has 4 rings (SSSR count). The van der Waals surface area contributed by atoms with Crippen molar-refractivity contribution in [2.24, 2.45) is 0 Å². The Labute approximate surface area is 207 Å². The lowest BCUT2D eigenvalue weighted by molar-refractivity contribution is -0.139. The molecule has 2 N–H and O–H groups in total. The number of benzene rings is 1. The topological polar surface area (TPSA) is 101 Å². The number of nitrogens with zero attached hydrogens (tertiary/aromatic N) is 4. The van der Waals surface area contributed by atoms with Crippen LogP contribution in [0.25, 0.3) is 0 Å². The first kappa shape index (κ1) is 25.4. The largest absolute Gasteiger partial charge is 0.379 e. The van der Waals surface area contributed by atoms with E-state index in [1.165, 1.54) is 30.6 Å². The first-order valence-corrected chi connectivity index (χ1v) is 11.8. The lowest BCUT2D eigenvalue weighted by atomic mass is 10.0. The normalized spacial score (nSPS) is 21.6. The van der Waals surface area contributed by atoms with Crippen LogP contribution >= 0.6 is 0 Å². The van der Waals surface area contributed by atoms with Gasteiger partial charge in [0.25, 0.3) is 11.8 Å². The van der Waals surface area contributed by atoms with Crippen LogP contribution in [0.2, 0.25) is 0 Å². The number of nitriles is 1. The first-order valence-electron chi connectivity index (χ1n) is 11.8. The third-order valence-corrected chi connectivity index (χ3v) is 6.56. The molecule has 11 heteroatoms. The maximum atomic E-state index is 14.5. The summed E-state index contributed by atoms with van der Waals surface area (Å²) in [4.78, 5) is 32.5. The van der Waals surface area contributed by atoms with Crippen molar-refractivity contribution in [1.82, 2.24) is 20.1 Å². The van der Waals surface area contributed by atoms with E-state index in [1.807, 2.05) is 6.07 Å². The molecule has 2 fully saturated rings. The van der Waals surface area contributed by atoms with Gasteiger partial charge in [0.05, 0.1) is 37.0 Å². The van der Waals surface area contributed by atoms with Crippen LogP contribution in [-0.4, -0.2) is 64.4 Å². The minimum absolute atomic E-state index is 0.203. The highest BCUT2D eigenvalue weighted by atomic mass is 19.3. The van der Waals surface area contributed by atoms with Crippen LogP contribution in [0, 0.1) is 17.1 Å². The van der Waals surface area contributed by atoms with Gasteiger partial charge in [-0.1, -0.05) is 18.6 Å². The quantitative estimate of drug-likeness (QED) is 0.606. The number of carbonyl (C=O) groups excluding carboxylic acids is 2. The van der Waals surface area contributed by atoms with E-state index in [4.69, 9.17) is 0 Å². The summed E-state index contributed by atoms with van der Waals surface area (Å²) in [5.74, 6) is -4.90. The summed E-state index contributed by atoms with van der Waals surface area (Å²) in [7, 11) is 0. The van der Waals surface area contributed by atoms with Gasteiger partial charge in [-0.25, -0.2) is 13.2 Å². The molecule has 1 unspecified atom stereocenters. The molecule has 1 aromatic heterocycles. The molecule has 0 aliphatic carbocycles. The zero-order valence-electron chi connectivity index (χ0n) is 19.6. The van der Waals surface area contributed by atoms with Crippen LogP contribution in [0.5, 0.6) is 0 Å². The Kier molecular flexibility index (Phi) is 7.45. The summed E-state index contributed by atoms with van der Waals surface area (Å²) in [6, 6.07) is 9.32. The third-order valence-electron chi connectivity index (χ3n) is 6.56. The van der Waals surface area contributed by atoms with Crippen LogP contribution < -0.4 is 10.6 Å². The fourth-order valence-corrected chi connectivity index (χ4v) is 4.76. The molecule has 1 atom stereocenters. The van der Waals surface area contributed by atoms with Crippen molar-refractivity contribution in [2.75, 3.05) is 31.5 Å². The SMILES string of the molecule is N#CC1(N2CCCCC2)CC(F)(F)CN1C(=O)CNC(=O)c1ccncc1NCc1ccc(F)cc1. The highest BCUT2D eigenvalue weighted by Crippen LogP contribution is 2.42. The van der Waals surface area contributed by atoms with Crippen molar-refractivity contribution in [2.45, 2.75) is 43.8 Å². The van der Waals surface area contributed by atoms with Crippen LogP contribution in [0.4, 0.5) is 18.9 Å². The molecule has 2 aliphatic rings. The Balaban J connectivity index is 1.43. The molecular formula is C25H27F3N6O2. The van der Waals surface area contributed by atoms with Crippen molar-refractivity contribution >= 4 is 17.5 Å². The second-order valence-corrected chi connectivity index (χ2v) is 9.07. The summed E-state index contributed by atoms with van der Waals surface area (Å²) < 4.78 is 42.0. The smallest absolute Gasteiger partial charge is 0.270 e. The summed E-state index contributed by atoms with van der Waals surface area (Å²) in [5, 5.41) is 15.5. The molecule has 0 spiro atoms. The van der Waals surface area contributed by atoms with Gasteiger partial charge < -0.3 is 15.5 Å². The van der Waals surface area contributed by atoms with Crippen LogP contribution in [0.1, 0.15) is 41.6 Å². The Morgan fingerprint density at radius 1 is 1.11 bits per heavy atom. The van der Waals surface area contributed by atoms with Gasteiger partial charge in [-0.3, -0.25) is 19.5 Å². The highest BCUT2D eigenvalue weighted by molar-refractivity contribution is 6.01. The van der Waals surface area contributed by atoms with E-state index in [9.17, 15) is 28.0 Å². The Bertz CT molecular complexity index is 1150. The molecular weight excluding hydrogens is 473 g/mol. The third kappa shape index (κ3) is 5.44. The number of amides is 2. The van der Waals surface area contributed by atoms with Gasteiger partial charge >= 0.3 is 0 Å². The Morgan fingerprint density at radius 3 is 2.53 bits per heavy atom. The molecule has 0 radical (unpaired) electrons. The molecule has 3 heterocycles. The minimum Gasteiger partial charge on any atom is -0.379 e. The number of pyridine rings is 1. The van der Waals surface area contributed by atoms with Crippen molar-refractivity contribution < 1.29 is 22.8 Å². The number of alkyl halides is 2. The Hall–Kier alpha value is -3.65. The van der Waals surface area contributed by atoms with Crippen LogP contribution in [0.3, 0.4) is 0 Å². The van der Waals surface area contributed by atoms with Gasteiger partial charge in [-0.05, 0) is 36.6 Å². The molecule has 0 bridgehead atoms. The number of hydrogen-bond acceptors (Lipinski definition) is 6. The number of hydrogen-bond donors (Lipinski definition) is 2. The van der Waals surface area contributed by atoms with E-state index in [0.717, 1.165) is 29.7 Å². The van der Waals surface area contributed by atoms with Gasteiger partial charge in [0.15, 0.2) is 5.66 Å². The summed E-state index contributed by atoms with van der Waals surface area (Å²) >= 11 is 0. The number of aromatic nitrogens is 1. The molecule has 190 valence electrons. The Morgan fingerprint density at radius 2 is 1.83 bits per heavy atom. The zero-order valence-corrected chi connectivity index (χ0v) is 19.6. The molecule has 2 saturated heterocycles. The fraction of sp³-hybridized carbons (Fsp3) is 0.440. The molecule has 1 aromatic carbocycles. The van der Waals surface area contributed by atoms with E-state index in [0.29, 0.717) is 25.3 Å². The number of nitrogens with one attached hydrogen (secondary N) is 2. The maximum absolute atomic E-state index is 14.5. The van der Waals surface area contributed by atoms with Gasteiger partial charge in [-0.15, -0.1) is 0 Å². The lowest BCUT2D eigenvalue weighted by Crippen LogP contribution is -2.60. The number of halogens is 3. The van der Waals surface area contributed by atoms with Gasteiger partial charge in [0.1, 0.15) is 11.9 Å². The van der Waals surface area contributed by atoms with Crippen molar-refractivity contribution in [1.29, 1.82) is 5.26 Å². The summed E-state index contributed by atoms with van der Waals surface area (Å²) in [5.41, 5.74) is -0.361. The van der Waals surface area contributed by atoms with Crippen LogP contribution in [0.15, 0.2) is 42.7 Å². The zero-order chi connectivity index (χ0) is 25.8. The molecule has 36 heavy (non-hydrogen) atoms. The van der Waals surface area contributed by atoms with E-state index >= 15 is 0 Å². The highest BCUT2D eigenvalue weighted by Gasteiger charge is 2.60. The number of anilines is 1. The number of piperidine rings is 1. The van der Waals surface area contributed by atoms with Gasteiger partial charge in [0, 0.05) is 25.8 Å². The molecule has 2 amide bonds. The average Bonchev–Trinajstić information content (AvgIpc) is 3.19. The van der Waals surface area contributed by atoms with Gasteiger partial charge in [-0.2, -0.15) is 5.26 Å². The predicted octanol–water partition coefficient (Wildman–Crippen LogP) is 3.14. The fourth-order valence-electron chi connectivity index (χ4n) is 4.76. The predicted molar refractivity (Wildman–Crippen MR) is 125 cm³/mol. The summed E-state index contributed by atoms with van der Waals surface area (Å²) in [6.45, 7) is -0.189. The maximum Gasteiger partial charge on any atom is 0.270 e.